The zero-order chi connectivity index (χ0) is 33.8. The number of fused-ring (bicyclic) bond motifs is 1. The largest absolute Gasteiger partial charge is 0.461 e. The van der Waals surface area contributed by atoms with Crippen molar-refractivity contribution in [1.82, 2.24) is 5.32 Å². The van der Waals surface area contributed by atoms with Gasteiger partial charge in [-0.1, -0.05) is 84.9 Å². The molecule has 4 aromatic rings. The van der Waals surface area contributed by atoms with Crippen LogP contribution in [0.25, 0.3) is 10.8 Å². The van der Waals surface area contributed by atoms with Gasteiger partial charge in [-0.2, -0.15) is 0 Å². The van der Waals surface area contributed by atoms with E-state index in [1.54, 1.807) is 36.4 Å². The molecule has 10 heteroatoms. The zero-order valence-corrected chi connectivity index (χ0v) is 26.0. The predicted molar refractivity (Wildman–Crippen MR) is 177 cm³/mol. The van der Waals surface area contributed by atoms with E-state index in [-0.39, 0.29) is 44.3 Å². The number of hydrogen-bond donors (Lipinski definition) is 4. The lowest BCUT2D eigenvalue weighted by molar-refractivity contribution is -0.145. The Morgan fingerprint density at radius 2 is 1.45 bits per heavy atom. The number of aryl methyl sites for hydroxylation is 1. The summed E-state index contributed by atoms with van der Waals surface area (Å²) in [6, 6.07) is 27.4. The van der Waals surface area contributed by atoms with Gasteiger partial charge in [-0.3, -0.25) is 24.0 Å². The fourth-order valence-electron chi connectivity index (χ4n) is 5.47. The van der Waals surface area contributed by atoms with E-state index in [1.165, 1.54) is 0 Å². The first-order valence-corrected chi connectivity index (χ1v) is 15.5. The molecule has 1 unspecified atom stereocenters. The van der Waals surface area contributed by atoms with E-state index < -0.39 is 54.0 Å². The van der Waals surface area contributed by atoms with E-state index >= 15 is 0 Å². The van der Waals surface area contributed by atoms with Crippen LogP contribution < -0.4 is 16.8 Å². The Kier molecular flexibility index (Phi) is 12.4. The molecule has 47 heavy (non-hydrogen) atoms. The number of aliphatic hydroxyl groups is 1. The lowest BCUT2D eigenvalue weighted by Gasteiger charge is -2.27. The second-order valence-corrected chi connectivity index (χ2v) is 11.4. The molecule has 0 heterocycles. The molecule has 4 aromatic carbocycles. The van der Waals surface area contributed by atoms with E-state index in [0.29, 0.717) is 11.1 Å². The van der Waals surface area contributed by atoms with Crippen LogP contribution >= 0.6 is 0 Å². The number of carbonyl (C=O) groups excluding carboxylic acids is 5. The summed E-state index contributed by atoms with van der Waals surface area (Å²) in [6.45, 7) is 0.0967. The third-order valence-corrected chi connectivity index (χ3v) is 7.95. The van der Waals surface area contributed by atoms with Crippen LogP contribution in [0.15, 0.2) is 97.1 Å². The SMILES string of the molecule is NC(=O)CCc1ccccc1C(=O)N[C@@H](CCCC(=O)OCc1ccccc1)C(=O)[C@@H](CC(N)=O)C(O)c1ccc2ccccc2c1. The number of ketones is 1. The van der Waals surface area contributed by atoms with Crippen LogP contribution in [0, 0.1) is 5.92 Å². The Bertz CT molecular complexity index is 1720. The number of nitrogens with two attached hydrogens (primary N) is 2. The van der Waals surface area contributed by atoms with E-state index in [0.717, 1.165) is 16.3 Å². The predicted octanol–water partition coefficient (Wildman–Crippen LogP) is 4.06. The van der Waals surface area contributed by atoms with Crippen molar-refractivity contribution in [3.05, 3.63) is 119 Å². The molecule has 10 nitrogen and oxygen atoms in total. The Balaban J connectivity index is 1.56. The molecular formula is C37H39N3O7. The topological polar surface area (TPSA) is 179 Å². The van der Waals surface area contributed by atoms with Crippen molar-refractivity contribution in [3.8, 4) is 0 Å². The number of Topliss-reactive ketones (excluding diaryl/α,β-unsaturated/α-hetero) is 1. The number of carbonyl (C=O) groups is 5. The van der Waals surface area contributed by atoms with Crippen LogP contribution in [-0.2, 0) is 36.9 Å². The van der Waals surface area contributed by atoms with E-state index in [9.17, 15) is 29.1 Å². The minimum atomic E-state index is -1.40. The number of primary amides is 2. The molecule has 0 saturated heterocycles. The highest BCUT2D eigenvalue weighted by molar-refractivity contribution is 6.00. The number of ether oxygens (including phenoxy) is 1. The molecule has 3 atom stereocenters. The van der Waals surface area contributed by atoms with Gasteiger partial charge < -0.3 is 26.6 Å². The summed E-state index contributed by atoms with van der Waals surface area (Å²) < 4.78 is 5.36. The van der Waals surface area contributed by atoms with Gasteiger partial charge in [-0.05, 0) is 58.9 Å². The van der Waals surface area contributed by atoms with Crippen molar-refractivity contribution in [2.24, 2.45) is 17.4 Å². The highest BCUT2D eigenvalue weighted by atomic mass is 16.5. The van der Waals surface area contributed by atoms with Crippen LogP contribution in [0.1, 0.15) is 65.3 Å². The number of nitrogens with one attached hydrogen (secondary N) is 1. The maximum Gasteiger partial charge on any atom is 0.306 e. The number of esters is 1. The number of amides is 3. The fraction of sp³-hybridized carbons (Fsp3) is 0.270. The molecule has 244 valence electrons. The zero-order valence-electron chi connectivity index (χ0n) is 26.0. The van der Waals surface area contributed by atoms with Gasteiger partial charge in [-0.15, -0.1) is 0 Å². The van der Waals surface area contributed by atoms with E-state index in [2.05, 4.69) is 5.32 Å². The van der Waals surface area contributed by atoms with Gasteiger partial charge in [0, 0.05) is 24.8 Å². The minimum absolute atomic E-state index is 0.0220. The molecule has 3 amide bonds. The lowest BCUT2D eigenvalue weighted by Crippen LogP contribution is -2.46. The standard InChI is InChI=1S/C37H39N3O7/c38-32(41)20-19-26-12-6-7-14-29(26)37(46)40-31(15-8-16-34(43)47-23-24-9-2-1-3-10-24)36(45)30(22-33(39)42)35(44)28-18-17-25-11-4-5-13-27(25)21-28/h1-7,9-14,17-18,21,30-31,35,44H,8,15-16,19-20,22-23H2,(H2,38,41)(H2,39,42)(H,40,46)/t30-,31-,35?/m0/s1. The molecule has 0 fully saturated rings. The van der Waals surface area contributed by atoms with Crippen molar-refractivity contribution in [1.29, 1.82) is 0 Å². The van der Waals surface area contributed by atoms with Crippen LogP contribution in [0.5, 0.6) is 0 Å². The van der Waals surface area contributed by atoms with Crippen LogP contribution in [0.3, 0.4) is 0 Å². The molecule has 0 radical (unpaired) electrons. The number of hydrogen-bond acceptors (Lipinski definition) is 7. The summed E-state index contributed by atoms with van der Waals surface area (Å²) in [5.41, 5.74) is 12.9. The van der Waals surface area contributed by atoms with Gasteiger partial charge in [0.2, 0.25) is 11.8 Å². The van der Waals surface area contributed by atoms with Gasteiger partial charge in [0.1, 0.15) is 6.61 Å². The first-order valence-electron chi connectivity index (χ1n) is 15.5. The maximum absolute atomic E-state index is 14.2. The first kappa shape index (κ1) is 34.5. The van der Waals surface area contributed by atoms with Crippen molar-refractivity contribution in [2.75, 3.05) is 0 Å². The molecule has 0 saturated carbocycles. The van der Waals surface area contributed by atoms with Crippen molar-refractivity contribution < 1.29 is 33.8 Å². The molecule has 6 N–H and O–H groups in total. The van der Waals surface area contributed by atoms with E-state index in [1.807, 2.05) is 60.7 Å². The Morgan fingerprint density at radius 3 is 2.17 bits per heavy atom. The van der Waals surface area contributed by atoms with E-state index in [4.69, 9.17) is 16.2 Å². The molecule has 0 aliphatic carbocycles. The van der Waals surface area contributed by atoms with Crippen LogP contribution in [0.2, 0.25) is 0 Å². The average molecular weight is 638 g/mol. The summed E-state index contributed by atoms with van der Waals surface area (Å²) in [6.07, 6.45) is -1.47. The van der Waals surface area contributed by atoms with Gasteiger partial charge in [0.05, 0.1) is 18.1 Å². The first-order chi connectivity index (χ1) is 22.6. The molecule has 0 aliphatic rings. The van der Waals surface area contributed by atoms with Gasteiger partial charge >= 0.3 is 5.97 Å². The second-order valence-electron chi connectivity index (χ2n) is 11.4. The molecular weight excluding hydrogens is 598 g/mol. The Labute approximate surface area is 273 Å². The molecule has 0 aliphatic heterocycles. The molecule has 0 bridgehead atoms. The highest BCUT2D eigenvalue weighted by Crippen LogP contribution is 2.30. The Hall–Kier alpha value is -5.35. The van der Waals surface area contributed by atoms with Gasteiger partial charge in [0.15, 0.2) is 5.78 Å². The molecule has 0 aromatic heterocycles. The van der Waals surface area contributed by atoms with Crippen molar-refractivity contribution >= 4 is 40.2 Å². The summed E-state index contributed by atoms with van der Waals surface area (Å²) in [5.74, 6) is -4.28. The number of rotatable bonds is 17. The monoisotopic (exact) mass is 637 g/mol. The summed E-state index contributed by atoms with van der Waals surface area (Å²) >= 11 is 0. The lowest BCUT2D eigenvalue weighted by atomic mass is 9.84. The second kappa shape index (κ2) is 16.8. The normalized spacial score (nSPS) is 12.9. The minimum Gasteiger partial charge on any atom is -0.461 e. The summed E-state index contributed by atoms with van der Waals surface area (Å²) in [4.78, 5) is 63.8. The number of aliphatic hydroxyl groups excluding tert-OH is 1. The number of benzene rings is 4. The fourth-order valence-corrected chi connectivity index (χ4v) is 5.47. The smallest absolute Gasteiger partial charge is 0.306 e. The maximum atomic E-state index is 14.2. The van der Waals surface area contributed by atoms with Gasteiger partial charge in [0.25, 0.3) is 5.91 Å². The van der Waals surface area contributed by atoms with Gasteiger partial charge in [-0.25, -0.2) is 0 Å². The van der Waals surface area contributed by atoms with Crippen molar-refractivity contribution in [2.45, 2.75) is 57.3 Å². The Morgan fingerprint density at radius 1 is 0.766 bits per heavy atom. The quantitative estimate of drug-likeness (QED) is 0.126. The van der Waals surface area contributed by atoms with Crippen molar-refractivity contribution in [3.63, 3.8) is 0 Å². The third kappa shape index (κ3) is 10.1. The summed E-state index contributed by atoms with van der Waals surface area (Å²) in [7, 11) is 0. The average Bonchev–Trinajstić information content (AvgIpc) is 3.08. The summed E-state index contributed by atoms with van der Waals surface area (Å²) in [5, 5.41) is 16.0. The van der Waals surface area contributed by atoms with Crippen LogP contribution in [-0.4, -0.2) is 40.6 Å². The molecule has 0 spiro atoms. The highest BCUT2D eigenvalue weighted by Gasteiger charge is 2.35. The third-order valence-electron chi connectivity index (χ3n) is 7.95. The molecule has 4 rings (SSSR count). The van der Waals surface area contributed by atoms with Crippen LogP contribution in [0.4, 0.5) is 0 Å².